The van der Waals surface area contributed by atoms with E-state index < -0.39 is 5.91 Å². The maximum atomic E-state index is 11.9. The number of hydrogen-bond acceptors (Lipinski definition) is 2. The molecule has 1 aromatic heterocycles. The van der Waals surface area contributed by atoms with Crippen molar-refractivity contribution in [2.75, 3.05) is 0 Å². The molecule has 0 saturated heterocycles. The van der Waals surface area contributed by atoms with Crippen LogP contribution in [0.3, 0.4) is 0 Å². The van der Waals surface area contributed by atoms with Crippen LogP contribution < -0.4 is 5.73 Å². The van der Waals surface area contributed by atoms with Crippen molar-refractivity contribution in [2.45, 2.75) is 6.54 Å². The fourth-order valence-corrected chi connectivity index (χ4v) is 3.50. The standard InChI is InChI=1S/C21H13ClN3O/c22-15-8-9-16-19(10-15)25(12-14-5-2-1-4-13(14)11-23)18-7-3-6-17(20(16)18)21(24)26/h1-8,10H,12H2,(H2,24,26). The lowest BCUT2D eigenvalue weighted by Gasteiger charge is -2.09. The molecule has 3 aromatic carbocycles. The van der Waals surface area contributed by atoms with E-state index in [2.05, 4.69) is 12.1 Å². The van der Waals surface area contributed by atoms with Crippen molar-refractivity contribution in [2.24, 2.45) is 5.73 Å². The highest BCUT2D eigenvalue weighted by molar-refractivity contribution is 6.31. The zero-order valence-corrected chi connectivity index (χ0v) is 14.4. The van der Waals surface area contributed by atoms with Gasteiger partial charge in [0.15, 0.2) is 0 Å². The minimum Gasteiger partial charge on any atom is -0.366 e. The predicted molar refractivity (Wildman–Crippen MR) is 102 cm³/mol. The second-order valence-electron chi connectivity index (χ2n) is 6.00. The zero-order chi connectivity index (χ0) is 18.3. The number of amides is 1. The SMILES string of the molecule is N#Cc1ccccc1Cn1c2cc(Cl)c[c]c2c2c(C(N)=O)cccc21. The van der Waals surface area contributed by atoms with E-state index in [1.807, 2.05) is 34.9 Å². The van der Waals surface area contributed by atoms with Crippen molar-refractivity contribution < 1.29 is 4.79 Å². The fourth-order valence-electron chi connectivity index (χ4n) is 3.34. The third kappa shape index (κ3) is 2.50. The maximum Gasteiger partial charge on any atom is 0.249 e. The Morgan fingerprint density at radius 3 is 2.77 bits per heavy atom. The molecule has 4 rings (SSSR count). The number of aromatic nitrogens is 1. The van der Waals surface area contributed by atoms with Gasteiger partial charge in [-0.25, -0.2) is 0 Å². The largest absolute Gasteiger partial charge is 0.366 e. The number of fused-ring (bicyclic) bond motifs is 3. The van der Waals surface area contributed by atoms with Gasteiger partial charge in [-0.1, -0.05) is 35.9 Å². The van der Waals surface area contributed by atoms with E-state index in [-0.39, 0.29) is 0 Å². The molecule has 0 aliphatic rings. The van der Waals surface area contributed by atoms with Crippen molar-refractivity contribution in [3.05, 3.63) is 82.4 Å². The summed E-state index contributed by atoms with van der Waals surface area (Å²) in [6.45, 7) is 0.472. The highest BCUT2D eigenvalue weighted by Crippen LogP contribution is 2.33. The van der Waals surface area contributed by atoms with Crippen molar-refractivity contribution in [1.29, 1.82) is 5.26 Å². The van der Waals surface area contributed by atoms with Gasteiger partial charge in [0.1, 0.15) is 0 Å². The number of nitriles is 1. The summed E-state index contributed by atoms with van der Waals surface area (Å²) >= 11 is 6.19. The van der Waals surface area contributed by atoms with Gasteiger partial charge in [0.2, 0.25) is 5.91 Å². The van der Waals surface area contributed by atoms with Crippen LogP contribution >= 0.6 is 11.6 Å². The second kappa shape index (κ2) is 6.21. The Balaban J connectivity index is 2.07. The number of hydrogen-bond donors (Lipinski definition) is 1. The summed E-state index contributed by atoms with van der Waals surface area (Å²) in [4.78, 5) is 11.9. The Labute approximate surface area is 155 Å². The summed E-state index contributed by atoms with van der Waals surface area (Å²) in [6, 6.07) is 21.8. The molecule has 26 heavy (non-hydrogen) atoms. The third-order valence-electron chi connectivity index (χ3n) is 4.49. The molecule has 125 valence electrons. The van der Waals surface area contributed by atoms with Crippen LogP contribution in [0.15, 0.2) is 54.6 Å². The van der Waals surface area contributed by atoms with E-state index in [9.17, 15) is 10.1 Å². The van der Waals surface area contributed by atoms with Crippen LogP contribution in [0, 0.1) is 17.4 Å². The summed E-state index contributed by atoms with van der Waals surface area (Å²) in [5, 5.41) is 11.5. The topological polar surface area (TPSA) is 71.8 Å². The molecule has 0 fully saturated rings. The molecule has 1 heterocycles. The molecule has 0 unspecified atom stereocenters. The van der Waals surface area contributed by atoms with Crippen LogP contribution in [0.2, 0.25) is 5.02 Å². The summed E-state index contributed by atoms with van der Waals surface area (Å²) < 4.78 is 2.04. The van der Waals surface area contributed by atoms with Gasteiger partial charge in [0.25, 0.3) is 0 Å². The first-order valence-corrected chi connectivity index (χ1v) is 8.38. The van der Waals surface area contributed by atoms with Gasteiger partial charge in [0, 0.05) is 27.9 Å². The van der Waals surface area contributed by atoms with E-state index >= 15 is 0 Å². The average molecular weight is 359 g/mol. The molecule has 4 nitrogen and oxygen atoms in total. The monoisotopic (exact) mass is 358 g/mol. The first kappa shape index (κ1) is 16.2. The Morgan fingerprint density at radius 2 is 2.00 bits per heavy atom. The lowest BCUT2D eigenvalue weighted by atomic mass is 10.1. The molecule has 0 atom stereocenters. The molecule has 0 aliphatic carbocycles. The molecule has 0 saturated carbocycles. The van der Waals surface area contributed by atoms with Gasteiger partial charge >= 0.3 is 0 Å². The van der Waals surface area contributed by atoms with Crippen LogP contribution in [0.1, 0.15) is 21.5 Å². The minimum atomic E-state index is -0.490. The zero-order valence-electron chi connectivity index (χ0n) is 13.7. The smallest absolute Gasteiger partial charge is 0.249 e. The van der Waals surface area contributed by atoms with Gasteiger partial charge in [0.05, 0.1) is 22.7 Å². The van der Waals surface area contributed by atoms with Crippen molar-refractivity contribution >= 4 is 39.3 Å². The van der Waals surface area contributed by atoms with E-state index in [0.717, 1.165) is 27.4 Å². The van der Waals surface area contributed by atoms with Crippen molar-refractivity contribution in [3.8, 4) is 6.07 Å². The molecule has 5 heteroatoms. The first-order chi connectivity index (χ1) is 12.6. The molecule has 0 aliphatic heterocycles. The van der Waals surface area contributed by atoms with Crippen LogP contribution in [0.4, 0.5) is 0 Å². The number of nitrogens with two attached hydrogens (primary N) is 1. The molecule has 2 N–H and O–H groups in total. The molecule has 4 aromatic rings. The van der Waals surface area contributed by atoms with Gasteiger partial charge in [-0.15, -0.1) is 0 Å². The summed E-state index contributed by atoms with van der Waals surface area (Å²) in [5.41, 5.74) is 9.21. The summed E-state index contributed by atoms with van der Waals surface area (Å²) in [7, 11) is 0. The number of primary amides is 1. The van der Waals surface area contributed by atoms with E-state index in [0.29, 0.717) is 22.7 Å². The lowest BCUT2D eigenvalue weighted by Crippen LogP contribution is -2.11. The number of carbonyl (C=O) groups is 1. The Bertz CT molecular complexity index is 1220. The third-order valence-corrected chi connectivity index (χ3v) is 4.71. The van der Waals surface area contributed by atoms with Crippen molar-refractivity contribution in [3.63, 3.8) is 0 Å². The Kier molecular flexibility index (Phi) is 3.87. The van der Waals surface area contributed by atoms with E-state index in [1.54, 1.807) is 24.3 Å². The predicted octanol–water partition coefficient (Wildman–Crippen LogP) is 4.27. The average Bonchev–Trinajstić information content (AvgIpc) is 2.95. The molecule has 0 bridgehead atoms. The quantitative estimate of drug-likeness (QED) is 0.594. The van der Waals surface area contributed by atoms with Crippen LogP contribution in [-0.4, -0.2) is 10.5 Å². The summed E-state index contributed by atoms with van der Waals surface area (Å²) in [6.07, 6.45) is 0. The highest BCUT2D eigenvalue weighted by atomic mass is 35.5. The number of rotatable bonds is 3. The van der Waals surface area contributed by atoms with Crippen molar-refractivity contribution in [1.82, 2.24) is 4.57 Å². The second-order valence-corrected chi connectivity index (χ2v) is 6.43. The van der Waals surface area contributed by atoms with Crippen LogP contribution in [0.25, 0.3) is 21.8 Å². The molecular weight excluding hydrogens is 346 g/mol. The maximum absolute atomic E-state index is 11.9. The minimum absolute atomic E-state index is 0.443. The van der Waals surface area contributed by atoms with Crippen LogP contribution in [0.5, 0.6) is 0 Å². The first-order valence-electron chi connectivity index (χ1n) is 8.00. The lowest BCUT2D eigenvalue weighted by molar-refractivity contribution is 0.100. The number of benzene rings is 3. The molecule has 1 radical (unpaired) electrons. The molecule has 0 spiro atoms. The van der Waals surface area contributed by atoms with Gasteiger partial charge < -0.3 is 10.3 Å². The van der Waals surface area contributed by atoms with Gasteiger partial charge in [-0.2, -0.15) is 5.26 Å². The van der Waals surface area contributed by atoms with E-state index in [4.69, 9.17) is 17.3 Å². The highest BCUT2D eigenvalue weighted by Gasteiger charge is 2.17. The Hall–Kier alpha value is -3.29. The fraction of sp³-hybridized carbons (Fsp3) is 0.0476. The number of carbonyl (C=O) groups excluding carboxylic acids is 1. The van der Waals surface area contributed by atoms with Crippen LogP contribution in [-0.2, 0) is 6.54 Å². The summed E-state index contributed by atoms with van der Waals surface area (Å²) in [5.74, 6) is -0.490. The number of halogens is 1. The molecular formula is C21H13ClN3O. The number of nitrogens with zero attached hydrogens (tertiary/aromatic N) is 2. The van der Waals surface area contributed by atoms with Gasteiger partial charge in [-0.05, 0) is 42.0 Å². The van der Waals surface area contributed by atoms with Gasteiger partial charge in [-0.3, -0.25) is 4.79 Å². The normalized spacial score (nSPS) is 10.9. The Morgan fingerprint density at radius 1 is 1.19 bits per heavy atom. The molecule has 1 amide bonds. The van der Waals surface area contributed by atoms with E-state index in [1.165, 1.54) is 0 Å².